The molecule has 1 spiro atoms. The van der Waals surface area contributed by atoms with Crippen molar-refractivity contribution in [2.24, 2.45) is 5.92 Å². The van der Waals surface area contributed by atoms with Crippen LogP contribution in [0.5, 0.6) is 0 Å². The van der Waals surface area contributed by atoms with Crippen molar-refractivity contribution in [2.75, 3.05) is 19.0 Å². The van der Waals surface area contributed by atoms with Crippen LogP contribution in [0.2, 0.25) is 0 Å². The highest BCUT2D eigenvalue weighted by Crippen LogP contribution is 2.43. The van der Waals surface area contributed by atoms with E-state index in [2.05, 4.69) is 12.2 Å². The molecule has 3 heteroatoms. The van der Waals surface area contributed by atoms with Gasteiger partial charge < -0.3 is 10.1 Å². The fourth-order valence-corrected chi connectivity index (χ4v) is 3.50. The molecule has 1 heterocycles. The van der Waals surface area contributed by atoms with Gasteiger partial charge in [0.25, 0.3) is 0 Å². The molecule has 2 fully saturated rings. The van der Waals surface area contributed by atoms with Crippen molar-refractivity contribution in [1.29, 1.82) is 0 Å². The number of rotatable bonds is 7. The summed E-state index contributed by atoms with van der Waals surface area (Å²) in [4.78, 5) is 0. The largest absolute Gasteiger partial charge is 0.370 e. The molecule has 2 rings (SSSR count). The Kier molecular flexibility index (Phi) is 5.78. The molecule has 2 aliphatic rings. The van der Waals surface area contributed by atoms with Gasteiger partial charge in [0, 0.05) is 12.4 Å². The Morgan fingerprint density at radius 1 is 1.33 bits per heavy atom. The Labute approximate surface area is 117 Å². The molecule has 0 bridgehead atoms. The zero-order valence-corrected chi connectivity index (χ0v) is 12.5. The Bertz CT molecular complexity index is 241. The zero-order chi connectivity index (χ0) is 12.8. The van der Waals surface area contributed by atoms with E-state index in [1.807, 2.05) is 0 Å². The molecule has 1 saturated carbocycles. The minimum atomic E-state index is 0.291. The summed E-state index contributed by atoms with van der Waals surface area (Å²) in [6.07, 6.45) is 10.8. The van der Waals surface area contributed by atoms with E-state index in [4.69, 9.17) is 16.3 Å². The number of alkyl halides is 1. The first-order chi connectivity index (χ1) is 8.74. The van der Waals surface area contributed by atoms with Crippen molar-refractivity contribution in [1.82, 2.24) is 5.32 Å². The molecule has 0 aromatic heterocycles. The highest BCUT2D eigenvalue weighted by atomic mass is 35.5. The molecule has 1 aliphatic heterocycles. The lowest BCUT2D eigenvalue weighted by molar-refractivity contribution is -0.0350. The number of nitrogens with one attached hydrogen (secondary N) is 1. The van der Waals surface area contributed by atoms with E-state index in [1.54, 1.807) is 0 Å². The minimum Gasteiger partial charge on any atom is -0.370 e. The molecule has 1 N–H and O–H groups in total. The van der Waals surface area contributed by atoms with Crippen LogP contribution in [0, 0.1) is 5.92 Å². The summed E-state index contributed by atoms with van der Waals surface area (Å²) in [5.74, 6) is 1.44. The predicted octanol–water partition coefficient (Wildman–Crippen LogP) is 3.72. The van der Waals surface area contributed by atoms with E-state index in [1.165, 1.54) is 51.4 Å². The van der Waals surface area contributed by atoms with Crippen LogP contribution in [-0.2, 0) is 4.74 Å². The second-order valence-electron chi connectivity index (χ2n) is 6.27. The number of halogens is 1. The van der Waals surface area contributed by atoms with Gasteiger partial charge in [0.15, 0.2) is 0 Å². The van der Waals surface area contributed by atoms with E-state index in [0.29, 0.717) is 17.6 Å². The van der Waals surface area contributed by atoms with Crippen LogP contribution in [0.3, 0.4) is 0 Å². The predicted molar refractivity (Wildman–Crippen MR) is 77.3 cm³/mol. The topological polar surface area (TPSA) is 21.3 Å². The molecule has 2 atom stereocenters. The van der Waals surface area contributed by atoms with Gasteiger partial charge >= 0.3 is 0 Å². The van der Waals surface area contributed by atoms with Crippen molar-refractivity contribution >= 4 is 11.6 Å². The van der Waals surface area contributed by atoms with Crippen molar-refractivity contribution < 1.29 is 4.74 Å². The van der Waals surface area contributed by atoms with Gasteiger partial charge in [0.05, 0.1) is 11.7 Å². The van der Waals surface area contributed by atoms with Crippen molar-refractivity contribution in [3.05, 3.63) is 0 Å². The Morgan fingerprint density at radius 2 is 2.11 bits per heavy atom. The maximum Gasteiger partial charge on any atom is 0.0708 e. The van der Waals surface area contributed by atoms with Gasteiger partial charge in [-0.1, -0.05) is 19.8 Å². The summed E-state index contributed by atoms with van der Waals surface area (Å²) in [7, 11) is 0. The Hall–Kier alpha value is 0.210. The summed E-state index contributed by atoms with van der Waals surface area (Å²) in [5, 5.41) is 3.55. The van der Waals surface area contributed by atoms with Crippen LogP contribution in [0.1, 0.15) is 58.3 Å². The SMILES string of the molecule is CC(CCl)CCCNCC1CCC2(CCCC2)O1. The summed E-state index contributed by atoms with van der Waals surface area (Å²) >= 11 is 5.80. The highest BCUT2D eigenvalue weighted by Gasteiger charge is 2.41. The quantitative estimate of drug-likeness (QED) is 0.564. The van der Waals surface area contributed by atoms with Crippen molar-refractivity contribution in [2.45, 2.75) is 70.0 Å². The molecule has 0 amide bonds. The molecule has 1 aliphatic carbocycles. The first-order valence-corrected chi connectivity index (χ1v) is 8.22. The molecule has 0 radical (unpaired) electrons. The lowest BCUT2D eigenvalue weighted by Crippen LogP contribution is -2.31. The van der Waals surface area contributed by atoms with Gasteiger partial charge in [0.1, 0.15) is 0 Å². The normalized spacial score (nSPS) is 28.0. The van der Waals surface area contributed by atoms with Crippen LogP contribution < -0.4 is 5.32 Å². The van der Waals surface area contributed by atoms with E-state index < -0.39 is 0 Å². The maximum atomic E-state index is 6.28. The van der Waals surface area contributed by atoms with Crippen LogP contribution in [0.4, 0.5) is 0 Å². The third kappa shape index (κ3) is 4.11. The van der Waals surface area contributed by atoms with E-state index in [-0.39, 0.29) is 0 Å². The first-order valence-electron chi connectivity index (χ1n) is 7.69. The number of ether oxygens (including phenoxy) is 1. The highest BCUT2D eigenvalue weighted by molar-refractivity contribution is 6.18. The monoisotopic (exact) mass is 273 g/mol. The Morgan fingerprint density at radius 3 is 2.83 bits per heavy atom. The van der Waals surface area contributed by atoms with Gasteiger partial charge in [-0.3, -0.25) is 0 Å². The van der Waals surface area contributed by atoms with Gasteiger partial charge in [-0.2, -0.15) is 0 Å². The molecule has 1 saturated heterocycles. The third-order valence-electron chi connectivity index (χ3n) is 4.54. The van der Waals surface area contributed by atoms with E-state index in [0.717, 1.165) is 19.0 Å². The second-order valence-corrected chi connectivity index (χ2v) is 6.58. The van der Waals surface area contributed by atoms with Crippen molar-refractivity contribution in [3.63, 3.8) is 0 Å². The van der Waals surface area contributed by atoms with Gasteiger partial charge in [-0.15, -0.1) is 11.6 Å². The lowest BCUT2D eigenvalue weighted by Gasteiger charge is -2.24. The van der Waals surface area contributed by atoms with Crippen molar-refractivity contribution in [3.8, 4) is 0 Å². The van der Waals surface area contributed by atoms with Crippen LogP contribution in [0.15, 0.2) is 0 Å². The molecule has 0 aromatic carbocycles. The Balaban J connectivity index is 1.53. The molecule has 2 nitrogen and oxygen atoms in total. The van der Waals surface area contributed by atoms with Gasteiger partial charge in [-0.25, -0.2) is 0 Å². The van der Waals surface area contributed by atoms with E-state index in [9.17, 15) is 0 Å². The lowest BCUT2D eigenvalue weighted by atomic mass is 9.98. The smallest absolute Gasteiger partial charge is 0.0708 e. The summed E-state index contributed by atoms with van der Waals surface area (Å²) in [6.45, 7) is 4.36. The summed E-state index contributed by atoms with van der Waals surface area (Å²) < 4.78 is 6.28. The third-order valence-corrected chi connectivity index (χ3v) is 5.07. The average molecular weight is 274 g/mol. The van der Waals surface area contributed by atoms with Crippen LogP contribution in [0.25, 0.3) is 0 Å². The molecule has 2 unspecified atom stereocenters. The standard InChI is InChI=1S/C15H28ClNO/c1-13(11-16)5-4-10-17-12-14-6-9-15(18-14)7-2-3-8-15/h13-14,17H,2-12H2,1H3. The maximum absolute atomic E-state index is 6.28. The number of hydrogen-bond donors (Lipinski definition) is 1. The van der Waals surface area contributed by atoms with Gasteiger partial charge in [0.2, 0.25) is 0 Å². The fourth-order valence-electron chi connectivity index (χ4n) is 3.34. The zero-order valence-electron chi connectivity index (χ0n) is 11.7. The summed E-state index contributed by atoms with van der Waals surface area (Å²) in [6, 6.07) is 0. The molecule has 18 heavy (non-hydrogen) atoms. The molecular formula is C15H28ClNO. The molecule has 106 valence electrons. The number of hydrogen-bond acceptors (Lipinski definition) is 2. The molecular weight excluding hydrogens is 246 g/mol. The fraction of sp³-hybridized carbons (Fsp3) is 1.00. The second kappa shape index (κ2) is 7.12. The van der Waals surface area contributed by atoms with Crippen LogP contribution >= 0.6 is 11.6 Å². The van der Waals surface area contributed by atoms with Gasteiger partial charge in [-0.05, 0) is 51.0 Å². The first kappa shape index (κ1) is 14.6. The minimum absolute atomic E-state index is 0.291. The average Bonchev–Trinajstić information content (AvgIpc) is 3.00. The van der Waals surface area contributed by atoms with Crippen LogP contribution in [-0.4, -0.2) is 30.7 Å². The molecule has 0 aromatic rings. The van der Waals surface area contributed by atoms with E-state index >= 15 is 0 Å². The summed E-state index contributed by atoms with van der Waals surface area (Å²) in [5.41, 5.74) is 0.291.